The van der Waals surface area contributed by atoms with Gasteiger partial charge in [0.25, 0.3) is 0 Å². The van der Waals surface area contributed by atoms with Gasteiger partial charge in [-0.3, -0.25) is 0 Å². The molecule has 0 N–H and O–H groups in total. The largest absolute Gasteiger partial charge is 0.665 e. The maximum Gasteiger partial charge on any atom is 0 e. The van der Waals surface area contributed by atoms with E-state index in [1.807, 2.05) is 83.1 Å². The van der Waals surface area contributed by atoms with Gasteiger partial charge in [0.1, 0.15) is 0 Å². The van der Waals surface area contributed by atoms with Crippen LogP contribution < -0.4 is 0 Å². The molecule has 0 aliphatic carbocycles. The SMILES string of the molecule is CC[N-]C.CC[N-]C.CC[N-]C.CC[N-]C.CC[N-]CC.CC[N-]CC.CC[N-]CC.CC[N-]CC.[V].[V]. The van der Waals surface area contributed by atoms with Crippen molar-refractivity contribution in [1.29, 1.82) is 0 Å². The van der Waals surface area contributed by atoms with Crippen LogP contribution in [0.2, 0.25) is 0 Å². The van der Waals surface area contributed by atoms with Gasteiger partial charge in [-0.25, -0.2) is 0 Å². The molecular weight excluding hydrogens is 550 g/mol. The number of hydrogen-bond donors (Lipinski definition) is 0. The van der Waals surface area contributed by atoms with Gasteiger partial charge in [0, 0.05) is 37.1 Å². The molecule has 0 spiro atoms. The first kappa shape index (κ1) is 66.9. The van der Waals surface area contributed by atoms with E-state index >= 15 is 0 Å². The van der Waals surface area contributed by atoms with E-state index in [1.54, 1.807) is 28.2 Å². The van der Waals surface area contributed by atoms with Crippen LogP contribution in [-0.2, 0) is 37.1 Å². The van der Waals surface area contributed by atoms with E-state index in [4.69, 9.17) is 0 Å². The Morgan fingerprint density at radius 3 is 0.316 bits per heavy atom. The number of hydrogen-bond acceptors (Lipinski definition) is 0. The molecule has 0 saturated carbocycles. The van der Waals surface area contributed by atoms with Gasteiger partial charge in [-0.1, -0.05) is 83.1 Å². The van der Waals surface area contributed by atoms with Crippen LogP contribution in [0.15, 0.2) is 0 Å². The summed E-state index contributed by atoms with van der Waals surface area (Å²) < 4.78 is 0. The van der Waals surface area contributed by atoms with Gasteiger partial charge < -0.3 is 42.5 Å². The summed E-state index contributed by atoms with van der Waals surface area (Å²) in [5, 5.41) is 30.8. The first-order chi connectivity index (χ1) is 17.3. The Kier molecular flexibility index (Phi) is 208. The third-order valence-electron chi connectivity index (χ3n) is 3.05. The molecule has 0 aromatic carbocycles. The Morgan fingerprint density at radius 2 is 0.316 bits per heavy atom. The quantitative estimate of drug-likeness (QED) is 0.206. The maximum atomic E-state index is 3.97. The van der Waals surface area contributed by atoms with Gasteiger partial charge in [-0.15, -0.1) is 0 Å². The molecule has 0 aromatic rings. The number of rotatable bonds is 12. The van der Waals surface area contributed by atoms with Crippen molar-refractivity contribution in [3.8, 4) is 0 Å². The monoisotopic (exact) mass is 622 g/mol. The normalized spacial score (nSPS) is 7.58. The summed E-state index contributed by atoms with van der Waals surface area (Å²) in [4.78, 5) is 0. The Hall–Kier alpha value is 0.849. The van der Waals surface area contributed by atoms with E-state index in [1.165, 1.54) is 0 Å². The second-order valence-corrected chi connectivity index (χ2v) is 5.95. The van der Waals surface area contributed by atoms with Crippen molar-refractivity contribution < 1.29 is 37.1 Å². The van der Waals surface area contributed by atoms with Gasteiger partial charge in [0.05, 0.1) is 0 Å². The predicted octanol–water partition coefficient (Wildman–Crippen LogP) is 9.63. The van der Waals surface area contributed by atoms with Crippen molar-refractivity contribution in [3.05, 3.63) is 42.5 Å². The molecule has 10 heteroatoms. The van der Waals surface area contributed by atoms with E-state index in [9.17, 15) is 0 Å². The molecular formula is C28H72N8V2-8. The van der Waals surface area contributed by atoms with E-state index in [0.717, 1.165) is 78.5 Å². The fourth-order valence-corrected chi connectivity index (χ4v) is 0.894. The first-order valence-electron chi connectivity index (χ1n) is 14.1. The first-order valence-corrected chi connectivity index (χ1v) is 14.1. The maximum absolute atomic E-state index is 3.97. The predicted molar refractivity (Wildman–Crippen MR) is 177 cm³/mol. The van der Waals surface area contributed by atoms with Crippen LogP contribution in [0.5, 0.6) is 0 Å². The molecule has 0 aliphatic heterocycles. The molecule has 2 radical (unpaired) electrons. The van der Waals surface area contributed by atoms with Gasteiger partial charge in [0.2, 0.25) is 0 Å². The van der Waals surface area contributed by atoms with Crippen LogP contribution in [0.1, 0.15) is 83.1 Å². The van der Waals surface area contributed by atoms with Gasteiger partial charge >= 0.3 is 0 Å². The van der Waals surface area contributed by atoms with Crippen LogP contribution in [0.3, 0.4) is 0 Å². The fourth-order valence-electron chi connectivity index (χ4n) is 0.894. The van der Waals surface area contributed by atoms with Crippen LogP contribution in [-0.4, -0.2) is 107 Å². The van der Waals surface area contributed by atoms with Crippen LogP contribution in [0.25, 0.3) is 42.5 Å². The van der Waals surface area contributed by atoms with Gasteiger partial charge in [-0.2, -0.15) is 107 Å². The molecule has 0 unspecified atom stereocenters. The average Bonchev–Trinajstić information content (AvgIpc) is 2.92. The van der Waals surface area contributed by atoms with Crippen LogP contribution >= 0.6 is 0 Å². The van der Waals surface area contributed by atoms with Gasteiger partial charge in [-0.05, 0) is 0 Å². The van der Waals surface area contributed by atoms with Crippen molar-refractivity contribution >= 4 is 0 Å². The number of nitrogens with zero attached hydrogens (tertiary/aromatic N) is 8. The smallest absolute Gasteiger partial charge is 0 e. The zero-order valence-corrected chi connectivity index (χ0v) is 31.8. The third kappa shape index (κ3) is 287. The van der Waals surface area contributed by atoms with E-state index in [-0.39, 0.29) is 37.1 Å². The molecule has 0 bridgehead atoms. The van der Waals surface area contributed by atoms with Crippen molar-refractivity contribution in [2.24, 2.45) is 0 Å². The Morgan fingerprint density at radius 1 is 0.237 bits per heavy atom. The molecule has 0 atom stereocenters. The van der Waals surface area contributed by atoms with Crippen molar-refractivity contribution in [2.45, 2.75) is 83.1 Å². The molecule has 0 aliphatic rings. The molecule has 0 aromatic heterocycles. The summed E-state index contributed by atoms with van der Waals surface area (Å²) in [6.07, 6.45) is 0. The molecule has 0 saturated heterocycles. The second-order valence-electron chi connectivity index (χ2n) is 5.95. The molecule has 0 heterocycles. The Labute approximate surface area is 268 Å². The summed E-state index contributed by atoms with van der Waals surface area (Å²) >= 11 is 0. The summed E-state index contributed by atoms with van der Waals surface area (Å²) in [6.45, 7) is 35.9. The molecule has 38 heavy (non-hydrogen) atoms. The Bertz CT molecular complexity index is 156. The molecule has 0 fully saturated rings. The van der Waals surface area contributed by atoms with Crippen LogP contribution in [0.4, 0.5) is 0 Å². The molecule has 242 valence electrons. The standard InChI is InChI=1S/4C4H10N.4C3H8N.2V/c4*1-3-5-4-2;4*1-3-4-2;;/h4*3-4H2,1-2H3;4*3H2,1-2H3;;/q8*-1;;. The second kappa shape index (κ2) is 118. The summed E-state index contributed by atoms with van der Waals surface area (Å²) in [5.74, 6) is 0. The van der Waals surface area contributed by atoms with Crippen molar-refractivity contribution in [1.82, 2.24) is 0 Å². The van der Waals surface area contributed by atoms with E-state index in [2.05, 4.69) is 42.5 Å². The molecule has 0 rings (SSSR count). The van der Waals surface area contributed by atoms with Crippen molar-refractivity contribution in [2.75, 3.05) is 107 Å². The molecule has 0 amide bonds. The zero-order valence-electron chi connectivity index (χ0n) is 29.0. The summed E-state index contributed by atoms with van der Waals surface area (Å²) in [6, 6.07) is 0. The Balaban J connectivity index is -0.0000000293. The average molecular weight is 623 g/mol. The fraction of sp³-hybridized carbons (Fsp3) is 1.00. The zero-order chi connectivity index (χ0) is 30.1. The third-order valence-corrected chi connectivity index (χ3v) is 3.05. The minimum absolute atomic E-state index is 0. The van der Waals surface area contributed by atoms with E-state index < -0.39 is 0 Å². The molecule has 8 nitrogen and oxygen atoms in total. The van der Waals surface area contributed by atoms with Crippen molar-refractivity contribution in [3.63, 3.8) is 0 Å². The summed E-state index contributed by atoms with van der Waals surface area (Å²) in [7, 11) is 7.22. The minimum Gasteiger partial charge on any atom is -0.665 e. The minimum atomic E-state index is 0. The van der Waals surface area contributed by atoms with Gasteiger partial charge in [0.15, 0.2) is 0 Å². The topological polar surface area (TPSA) is 113 Å². The summed E-state index contributed by atoms with van der Waals surface area (Å²) in [5.41, 5.74) is 0. The van der Waals surface area contributed by atoms with E-state index in [0.29, 0.717) is 0 Å². The van der Waals surface area contributed by atoms with Crippen LogP contribution in [0, 0.1) is 0 Å².